The summed E-state index contributed by atoms with van der Waals surface area (Å²) >= 11 is 0. The molecular weight excluding hydrogens is 220 g/mol. The highest BCUT2D eigenvalue weighted by atomic mass is 32.2. The third kappa shape index (κ3) is 3.44. The number of aliphatic hydroxyl groups is 1. The summed E-state index contributed by atoms with van der Waals surface area (Å²) in [5, 5.41) is 12.2. The Kier molecular flexibility index (Phi) is 3.69. The largest absolute Gasteiger partial charge is 0.390 e. The third-order valence-electron chi connectivity index (χ3n) is 2.34. The Morgan fingerprint density at radius 2 is 2.07 bits per heavy atom. The first-order chi connectivity index (χ1) is 6.82. The Balaban J connectivity index is 2.44. The topological polar surface area (TPSA) is 86.7 Å². The number of sulfone groups is 1. The molecule has 0 spiro atoms. The molecule has 2 unspecified atom stereocenters. The first kappa shape index (κ1) is 12.4. The molecule has 1 fully saturated rings. The summed E-state index contributed by atoms with van der Waals surface area (Å²) in [6.45, 7) is 0.0459. The number of likely N-dealkylation sites (N-methyl/N-ethyl adjacent to an activating group) is 1. The third-order valence-corrected chi connectivity index (χ3v) is 4.05. The van der Waals surface area contributed by atoms with Crippen LogP contribution in [-0.2, 0) is 14.6 Å². The van der Waals surface area contributed by atoms with E-state index in [0.717, 1.165) is 0 Å². The second-order valence-corrected chi connectivity index (χ2v) is 6.07. The van der Waals surface area contributed by atoms with Gasteiger partial charge in [0.25, 0.3) is 0 Å². The van der Waals surface area contributed by atoms with Crippen LogP contribution in [0.1, 0.15) is 0 Å². The molecule has 0 aromatic rings. The van der Waals surface area contributed by atoms with Crippen LogP contribution in [0.2, 0.25) is 0 Å². The van der Waals surface area contributed by atoms with Gasteiger partial charge in [0.15, 0.2) is 9.84 Å². The lowest BCUT2D eigenvalue weighted by Gasteiger charge is -2.16. The average Bonchev–Trinajstić information content (AvgIpc) is 2.35. The Morgan fingerprint density at radius 3 is 2.47 bits per heavy atom. The molecule has 7 heteroatoms. The molecule has 0 bridgehead atoms. The minimum atomic E-state index is -3.15. The average molecular weight is 236 g/mol. The van der Waals surface area contributed by atoms with Gasteiger partial charge in [-0.2, -0.15) is 0 Å². The van der Waals surface area contributed by atoms with Crippen molar-refractivity contribution in [2.45, 2.75) is 12.1 Å². The Morgan fingerprint density at radius 1 is 1.47 bits per heavy atom. The summed E-state index contributed by atoms with van der Waals surface area (Å²) in [5.41, 5.74) is 0. The number of carbonyl (C=O) groups is 1. The normalized spacial score (nSPS) is 29.0. The maximum atomic E-state index is 11.2. The summed E-state index contributed by atoms with van der Waals surface area (Å²) in [6, 6.07) is -0.529. The molecule has 2 N–H and O–H groups in total. The van der Waals surface area contributed by atoms with E-state index in [1.54, 1.807) is 14.1 Å². The van der Waals surface area contributed by atoms with Gasteiger partial charge in [0.05, 0.1) is 24.2 Å². The zero-order valence-electron chi connectivity index (χ0n) is 8.80. The second kappa shape index (κ2) is 4.46. The number of amides is 1. The van der Waals surface area contributed by atoms with E-state index in [1.165, 1.54) is 4.90 Å². The molecule has 1 amide bonds. The van der Waals surface area contributed by atoms with E-state index in [9.17, 15) is 18.3 Å². The van der Waals surface area contributed by atoms with Crippen molar-refractivity contribution in [3.05, 3.63) is 0 Å². The van der Waals surface area contributed by atoms with Crippen molar-refractivity contribution in [1.29, 1.82) is 0 Å². The zero-order valence-corrected chi connectivity index (χ0v) is 9.62. The first-order valence-corrected chi connectivity index (χ1v) is 6.46. The molecule has 6 nitrogen and oxygen atoms in total. The van der Waals surface area contributed by atoms with Crippen LogP contribution in [0.4, 0.5) is 0 Å². The minimum Gasteiger partial charge on any atom is -0.390 e. The molecule has 1 aliphatic rings. The van der Waals surface area contributed by atoms with Gasteiger partial charge < -0.3 is 15.3 Å². The lowest BCUT2D eigenvalue weighted by molar-refractivity contribution is -0.127. The molecule has 0 saturated carbocycles. The van der Waals surface area contributed by atoms with Crippen molar-refractivity contribution in [2.24, 2.45) is 0 Å². The molecular formula is C8H16N2O4S. The fraction of sp³-hybridized carbons (Fsp3) is 0.875. The van der Waals surface area contributed by atoms with Gasteiger partial charge in [-0.25, -0.2) is 8.42 Å². The van der Waals surface area contributed by atoms with Crippen LogP contribution in [0.25, 0.3) is 0 Å². The van der Waals surface area contributed by atoms with Crippen LogP contribution in [0.15, 0.2) is 0 Å². The van der Waals surface area contributed by atoms with E-state index in [2.05, 4.69) is 5.32 Å². The molecule has 0 radical (unpaired) electrons. The highest BCUT2D eigenvalue weighted by Crippen LogP contribution is 2.11. The number of hydrogen-bond acceptors (Lipinski definition) is 5. The molecule has 0 aromatic heterocycles. The van der Waals surface area contributed by atoms with Gasteiger partial charge in [-0.05, 0) is 0 Å². The fourth-order valence-electron chi connectivity index (χ4n) is 1.40. The van der Waals surface area contributed by atoms with Crippen molar-refractivity contribution >= 4 is 15.7 Å². The Hall–Kier alpha value is -0.660. The maximum absolute atomic E-state index is 11.2. The van der Waals surface area contributed by atoms with Crippen molar-refractivity contribution in [2.75, 3.05) is 32.1 Å². The standard InChI is InChI=1S/C8H16N2O4S/c1-10(2)8(12)3-9-6-4-15(13,14)5-7(6)11/h6-7,9,11H,3-5H2,1-2H3. The van der Waals surface area contributed by atoms with Gasteiger partial charge in [0, 0.05) is 20.1 Å². The van der Waals surface area contributed by atoms with Gasteiger partial charge in [-0.15, -0.1) is 0 Å². The first-order valence-electron chi connectivity index (χ1n) is 4.64. The van der Waals surface area contributed by atoms with Gasteiger partial charge in [0.1, 0.15) is 0 Å². The van der Waals surface area contributed by atoms with E-state index >= 15 is 0 Å². The molecule has 1 aliphatic heterocycles. The van der Waals surface area contributed by atoms with Crippen LogP contribution in [-0.4, -0.2) is 68.6 Å². The minimum absolute atomic E-state index is 0.0459. The van der Waals surface area contributed by atoms with Gasteiger partial charge in [-0.3, -0.25) is 4.79 Å². The number of nitrogens with one attached hydrogen (secondary N) is 1. The van der Waals surface area contributed by atoms with E-state index in [1.807, 2.05) is 0 Å². The van der Waals surface area contributed by atoms with Gasteiger partial charge >= 0.3 is 0 Å². The summed E-state index contributed by atoms with van der Waals surface area (Å²) in [5.74, 6) is -0.470. The molecule has 0 aliphatic carbocycles. The number of aliphatic hydroxyl groups excluding tert-OH is 1. The molecule has 2 atom stereocenters. The highest BCUT2D eigenvalue weighted by molar-refractivity contribution is 7.91. The van der Waals surface area contributed by atoms with Crippen molar-refractivity contribution in [3.8, 4) is 0 Å². The summed E-state index contributed by atoms with van der Waals surface area (Å²) in [7, 11) is 0.0836. The number of rotatable bonds is 3. The van der Waals surface area contributed by atoms with E-state index in [-0.39, 0.29) is 24.0 Å². The maximum Gasteiger partial charge on any atom is 0.236 e. The van der Waals surface area contributed by atoms with Crippen molar-refractivity contribution in [1.82, 2.24) is 10.2 Å². The van der Waals surface area contributed by atoms with Gasteiger partial charge in [-0.1, -0.05) is 0 Å². The predicted octanol–water partition coefficient (Wildman–Crippen LogP) is -2.18. The number of nitrogens with zero attached hydrogens (tertiary/aromatic N) is 1. The quantitative estimate of drug-likeness (QED) is 0.582. The molecule has 1 saturated heterocycles. The summed E-state index contributed by atoms with van der Waals surface area (Å²) in [6.07, 6.45) is -0.912. The van der Waals surface area contributed by atoms with E-state index in [4.69, 9.17) is 0 Å². The zero-order chi connectivity index (χ0) is 11.6. The molecule has 1 heterocycles. The van der Waals surface area contributed by atoms with Crippen LogP contribution < -0.4 is 5.32 Å². The Labute approximate surface area is 89.2 Å². The highest BCUT2D eigenvalue weighted by Gasteiger charge is 2.36. The van der Waals surface area contributed by atoms with Crippen molar-refractivity contribution in [3.63, 3.8) is 0 Å². The fourth-order valence-corrected chi connectivity index (χ4v) is 3.18. The summed E-state index contributed by atoms with van der Waals surface area (Å²) < 4.78 is 22.3. The molecule has 88 valence electrons. The smallest absolute Gasteiger partial charge is 0.236 e. The van der Waals surface area contributed by atoms with Crippen molar-refractivity contribution < 1.29 is 18.3 Å². The number of hydrogen-bond donors (Lipinski definition) is 2. The lowest BCUT2D eigenvalue weighted by Crippen LogP contribution is -2.44. The van der Waals surface area contributed by atoms with Crippen LogP contribution in [0.5, 0.6) is 0 Å². The SMILES string of the molecule is CN(C)C(=O)CNC1CS(=O)(=O)CC1O. The molecule has 1 rings (SSSR count). The van der Waals surface area contributed by atoms with E-state index < -0.39 is 22.0 Å². The lowest BCUT2D eigenvalue weighted by atomic mass is 10.2. The van der Waals surface area contributed by atoms with Crippen LogP contribution in [0, 0.1) is 0 Å². The summed E-state index contributed by atoms with van der Waals surface area (Å²) in [4.78, 5) is 12.6. The Bertz CT molecular complexity index is 339. The monoisotopic (exact) mass is 236 g/mol. The van der Waals surface area contributed by atoms with Crippen LogP contribution >= 0.6 is 0 Å². The predicted molar refractivity (Wildman–Crippen MR) is 55.1 cm³/mol. The van der Waals surface area contributed by atoms with Gasteiger partial charge in [0.2, 0.25) is 5.91 Å². The number of carbonyl (C=O) groups excluding carboxylic acids is 1. The molecule has 0 aromatic carbocycles. The van der Waals surface area contributed by atoms with Crippen LogP contribution in [0.3, 0.4) is 0 Å². The second-order valence-electron chi connectivity index (χ2n) is 3.92. The molecule has 15 heavy (non-hydrogen) atoms. The van der Waals surface area contributed by atoms with E-state index in [0.29, 0.717) is 0 Å².